The smallest absolute Gasteiger partial charge is 0.231 e. The maximum Gasteiger partial charge on any atom is 0.231 e. The van der Waals surface area contributed by atoms with Crippen molar-refractivity contribution in [3.8, 4) is 17.6 Å². The van der Waals surface area contributed by atoms with Crippen molar-refractivity contribution in [2.75, 3.05) is 6.79 Å². The molecule has 1 aliphatic rings. The minimum absolute atomic E-state index is 0.112. The summed E-state index contributed by atoms with van der Waals surface area (Å²) in [5.41, 5.74) is 0.446. The Balaban J connectivity index is 2.26. The number of fused-ring (bicyclic) bond motifs is 1. The van der Waals surface area contributed by atoms with E-state index in [-0.39, 0.29) is 24.9 Å². The van der Waals surface area contributed by atoms with Crippen LogP contribution in [0.4, 0.5) is 0 Å². The molecule has 1 unspecified atom stereocenters. The number of carbonyl (C=O) groups is 1. The Hall–Kier alpha value is -1.73. The SMILES string of the molecule is CC(C#N)CC(=O)c1cc(Cl)c2c(c1)OCO2. The molecule has 17 heavy (non-hydrogen) atoms. The van der Waals surface area contributed by atoms with Crippen molar-refractivity contribution >= 4 is 17.4 Å². The van der Waals surface area contributed by atoms with Crippen LogP contribution in [0.2, 0.25) is 5.02 Å². The lowest BCUT2D eigenvalue weighted by Gasteiger charge is -2.05. The highest BCUT2D eigenvalue weighted by atomic mass is 35.5. The molecule has 2 rings (SSSR count). The molecule has 1 aromatic rings. The first-order valence-corrected chi connectivity index (χ1v) is 5.51. The van der Waals surface area contributed by atoms with Gasteiger partial charge in [0.25, 0.3) is 0 Å². The number of benzene rings is 1. The molecule has 0 saturated carbocycles. The fourth-order valence-electron chi connectivity index (χ4n) is 1.57. The van der Waals surface area contributed by atoms with Crippen LogP contribution >= 0.6 is 11.6 Å². The zero-order chi connectivity index (χ0) is 12.4. The number of ether oxygens (including phenoxy) is 2. The van der Waals surface area contributed by atoms with E-state index in [4.69, 9.17) is 26.3 Å². The van der Waals surface area contributed by atoms with Crippen molar-refractivity contribution in [3.05, 3.63) is 22.7 Å². The summed E-state index contributed by atoms with van der Waals surface area (Å²) >= 11 is 5.97. The van der Waals surface area contributed by atoms with E-state index in [0.29, 0.717) is 22.1 Å². The first-order chi connectivity index (χ1) is 8.11. The molecule has 0 aromatic heterocycles. The Kier molecular flexibility index (Phi) is 3.21. The van der Waals surface area contributed by atoms with Crippen LogP contribution < -0.4 is 9.47 Å². The van der Waals surface area contributed by atoms with Crippen LogP contribution in [0.5, 0.6) is 11.5 Å². The lowest BCUT2D eigenvalue weighted by molar-refractivity contribution is 0.0972. The second kappa shape index (κ2) is 4.64. The van der Waals surface area contributed by atoms with Crippen LogP contribution in [0.1, 0.15) is 23.7 Å². The van der Waals surface area contributed by atoms with Gasteiger partial charge in [0.2, 0.25) is 6.79 Å². The van der Waals surface area contributed by atoms with Gasteiger partial charge in [0.15, 0.2) is 17.3 Å². The van der Waals surface area contributed by atoms with Crippen LogP contribution in [-0.2, 0) is 0 Å². The summed E-state index contributed by atoms with van der Waals surface area (Å²) < 4.78 is 10.3. The Morgan fingerprint density at radius 2 is 2.35 bits per heavy atom. The Morgan fingerprint density at radius 3 is 3.06 bits per heavy atom. The van der Waals surface area contributed by atoms with Gasteiger partial charge in [0.1, 0.15) is 0 Å². The van der Waals surface area contributed by atoms with Gasteiger partial charge in [-0.05, 0) is 19.1 Å². The molecule has 0 bridgehead atoms. The van der Waals surface area contributed by atoms with Crippen LogP contribution in [0.25, 0.3) is 0 Å². The number of rotatable bonds is 3. The molecule has 0 amide bonds. The topological polar surface area (TPSA) is 59.3 Å². The number of nitriles is 1. The summed E-state index contributed by atoms with van der Waals surface area (Å²) in [5.74, 6) is 0.507. The monoisotopic (exact) mass is 251 g/mol. The average Bonchev–Trinajstić information content (AvgIpc) is 2.77. The number of halogens is 1. The third-order valence-corrected chi connectivity index (χ3v) is 2.74. The number of nitrogens with zero attached hydrogens (tertiary/aromatic N) is 1. The van der Waals surface area contributed by atoms with E-state index in [2.05, 4.69) is 0 Å². The minimum Gasteiger partial charge on any atom is -0.454 e. The summed E-state index contributed by atoms with van der Waals surface area (Å²) in [7, 11) is 0. The third-order valence-electron chi connectivity index (χ3n) is 2.46. The zero-order valence-electron chi connectivity index (χ0n) is 9.20. The third kappa shape index (κ3) is 2.34. The van der Waals surface area contributed by atoms with Gasteiger partial charge in [0, 0.05) is 12.0 Å². The van der Waals surface area contributed by atoms with Gasteiger partial charge in [-0.2, -0.15) is 5.26 Å². The van der Waals surface area contributed by atoms with E-state index in [1.165, 1.54) is 0 Å². The van der Waals surface area contributed by atoms with Crippen molar-refractivity contribution in [2.24, 2.45) is 5.92 Å². The van der Waals surface area contributed by atoms with Gasteiger partial charge in [-0.25, -0.2) is 0 Å². The lowest BCUT2D eigenvalue weighted by atomic mass is 10.0. The molecule has 0 N–H and O–H groups in total. The molecule has 1 aromatic carbocycles. The van der Waals surface area contributed by atoms with E-state index in [1.807, 2.05) is 6.07 Å². The predicted octanol–water partition coefficient (Wildman–Crippen LogP) is 2.80. The molecule has 4 nitrogen and oxygen atoms in total. The summed E-state index contributed by atoms with van der Waals surface area (Å²) in [4.78, 5) is 11.9. The summed E-state index contributed by atoms with van der Waals surface area (Å²) in [6.07, 6.45) is 0.173. The molecular weight excluding hydrogens is 242 g/mol. The molecule has 1 atom stereocenters. The second-order valence-corrected chi connectivity index (χ2v) is 4.26. The Morgan fingerprint density at radius 1 is 1.59 bits per heavy atom. The quantitative estimate of drug-likeness (QED) is 0.775. The molecule has 1 aliphatic heterocycles. The van der Waals surface area contributed by atoms with Crippen LogP contribution in [-0.4, -0.2) is 12.6 Å². The molecule has 5 heteroatoms. The normalized spacial score (nSPS) is 14.2. The van der Waals surface area contributed by atoms with E-state index in [9.17, 15) is 4.79 Å². The van der Waals surface area contributed by atoms with Gasteiger partial charge in [0.05, 0.1) is 17.0 Å². The van der Waals surface area contributed by atoms with Crippen LogP contribution in [0.15, 0.2) is 12.1 Å². The van der Waals surface area contributed by atoms with E-state index >= 15 is 0 Å². The summed E-state index contributed by atoms with van der Waals surface area (Å²) in [6, 6.07) is 5.16. The van der Waals surface area contributed by atoms with E-state index in [0.717, 1.165) is 0 Å². The molecule has 1 heterocycles. The average molecular weight is 252 g/mol. The van der Waals surface area contributed by atoms with Crippen molar-refractivity contribution in [1.82, 2.24) is 0 Å². The van der Waals surface area contributed by atoms with Gasteiger partial charge in [-0.15, -0.1) is 0 Å². The first-order valence-electron chi connectivity index (χ1n) is 5.13. The number of hydrogen-bond donors (Lipinski definition) is 0. The first kappa shape index (κ1) is 11.7. The number of ketones is 1. The number of Topliss-reactive ketones (excluding diaryl/α,β-unsaturated/α-hetero) is 1. The van der Waals surface area contributed by atoms with Gasteiger partial charge < -0.3 is 9.47 Å². The van der Waals surface area contributed by atoms with E-state index in [1.54, 1.807) is 19.1 Å². The highest BCUT2D eigenvalue weighted by Gasteiger charge is 2.21. The standard InChI is InChI=1S/C12H10ClNO3/c1-7(5-14)2-10(15)8-3-9(13)12-11(4-8)16-6-17-12/h3-4,7H,2,6H2,1H3. The number of carbonyl (C=O) groups excluding carboxylic acids is 1. The molecule has 0 aliphatic carbocycles. The molecular formula is C12H10ClNO3. The summed E-state index contributed by atoms with van der Waals surface area (Å²) in [5, 5.41) is 9.02. The molecule has 0 fully saturated rings. The van der Waals surface area contributed by atoms with Crippen LogP contribution in [0.3, 0.4) is 0 Å². The lowest BCUT2D eigenvalue weighted by Crippen LogP contribution is -2.04. The van der Waals surface area contributed by atoms with Crippen molar-refractivity contribution in [2.45, 2.75) is 13.3 Å². The highest BCUT2D eigenvalue weighted by Crippen LogP contribution is 2.40. The van der Waals surface area contributed by atoms with Gasteiger partial charge in [-0.3, -0.25) is 4.79 Å². The maximum absolute atomic E-state index is 11.9. The Labute approximate surface area is 104 Å². The Bertz CT molecular complexity index is 507. The zero-order valence-corrected chi connectivity index (χ0v) is 9.95. The van der Waals surface area contributed by atoms with E-state index < -0.39 is 0 Å². The second-order valence-electron chi connectivity index (χ2n) is 3.85. The fraction of sp³-hybridized carbons (Fsp3) is 0.333. The van der Waals surface area contributed by atoms with Crippen molar-refractivity contribution in [3.63, 3.8) is 0 Å². The maximum atomic E-state index is 11.9. The fourth-order valence-corrected chi connectivity index (χ4v) is 1.84. The highest BCUT2D eigenvalue weighted by molar-refractivity contribution is 6.32. The minimum atomic E-state index is -0.313. The van der Waals surface area contributed by atoms with Crippen LogP contribution in [0, 0.1) is 17.2 Å². The summed E-state index contributed by atoms with van der Waals surface area (Å²) in [6.45, 7) is 1.81. The van der Waals surface area contributed by atoms with Gasteiger partial charge in [-0.1, -0.05) is 11.6 Å². The largest absolute Gasteiger partial charge is 0.454 e. The molecule has 0 saturated heterocycles. The molecule has 0 radical (unpaired) electrons. The predicted molar refractivity (Wildman–Crippen MR) is 61.3 cm³/mol. The number of hydrogen-bond acceptors (Lipinski definition) is 4. The van der Waals surface area contributed by atoms with Crippen molar-refractivity contribution in [1.29, 1.82) is 5.26 Å². The van der Waals surface area contributed by atoms with Gasteiger partial charge >= 0.3 is 0 Å². The molecule has 0 spiro atoms. The van der Waals surface area contributed by atoms with Crippen molar-refractivity contribution < 1.29 is 14.3 Å². The molecule has 88 valence electrons.